The Kier molecular flexibility index (Phi) is 6.73. The first-order valence-corrected chi connectivity index (χ1v) is 11.7. The van der Waals surface area contributed by atoms with E-state index in [1.54, 1.807) is 60.7 Å². The van der Waals surface area contributed by atoms with Gasteiger partial charge in [-0.3, -0.25) is 14.2 Å². The number of nitrogens with zero attached hydrogens (tertiary/aromatic N) is 3. The summed E-state index contributed by atoms with van der Waals surface area (Å²) in [6.45, 7) is 0.759. The fourth-order valence-corrected chi connectivity index (χ4v) is 3.93. The maximum absolute atomic E-state index is 13.0. The number of nitriles is 1. The Morgan fingerprint density at radius 1 is 0.919 bits per heavy atom. The van der Waals surface area contributed by atoms with E-state index in [4.69, 9.17) is 10.00 Å². The Hall–Kier alpha value is -5.22. The van der Waals surface area contributed by atoms with Crippen LogP contribution in [0.1, 0.15) is 27.0 Å². The normalized spacial score (nSPS) is 10.6. The molecule has 1 N–H and O–H groups in total. The lowest BCUT2D eigenvalue weighted by atomic mass is 10.1. The van der Waals surface area contributed by atoms with E-state index in [0.717, 1.165) is 11.1 Å². The summed E-state index contributed by atoms with van der Waals surface area (Å²) in [4.78, 5) is 30.2. The van der Waals surface area contributed by atoms with Crippen molar-refractivity contribution in [2.75, 3.05) is 5.32 Å². The molecule has 0 atom stereocenters. The third kappa shape index (κ3) is 5.55. The van der Waals surface area contributed by atoms with Gasteiger partial charge in [-0.1, -0.05) is 42.5 Å². The molecule has 0 aliphatic rings. The second-order valence-corrected chi connectivity index (χ2v) is 8.47. The molecule has 0 aliphatic carbocycles. The fourth-order valence-electron chi connectivity index (χ4n) is 3.93. The minimum Gasteiger partial charge on any atom is -0.489 e. The van der Waals surface area contributed by atoms with Crippen LogP contribution in [0, 0.1) is 11.3 Å². The van der Waals surface area contributed by atoms with Crippen LogP contribution in [0.25, 0.3) is 10.9 Å². The molecule has 0 saturated carbocycles. The summed E-state index contributed by atoms with van der Waals surface area (Å²) in [5, 5.41) is 12.4. The predicted octanol–water partition coefficient (Wildman–Crippen LogP) is 5.15. The first-order valence-electron chi connectivity index (χ1n) is 11.7. The third-order valence-corrected chi connectivity index (χ3v) is 5.86. The van der Waals surface area contributed by atoms with Gasteiger partial charge in [-0.15, -0.1) is 0 Å². The lowest BCUT2D eigenvalue weighted by Gasteiger charge is -2.10. The number of hydrogen-bond acceptors (Lipinski definition) is 5. The van der Waals surface area contributed by atoms with Gasteiger partial charge in [-0.25, -0.2) is 4.98 Å². The lowest BCUT2D eigenvalue weighted by Crippen LogP contribution is -2.21. The molecule has 7 nitrogen and oxygen atoms in total. The number of amides is 1. The number of rotatable bonds is 7. The van der Waals surface area contributed by atoms with E-state index in [9.17, 15) is 9.59 Å². The Bertz CT molecular complexity index is 1670. The molecule has 0 fully saturated rings. The van der Waals surface area contributed by atoms with Crippen LogP contribution in [-0.2, 0) is 13.2 Å². The largest absolute Gasteiger partial charge is 0.489 e. The summed E-state index contributed by atoms with van der Waals surface area (Å²) in [5.74, 6) is 0.395. The van der Waals surface area contributed by atoms with Crippen LogP contribution in [0.15, 0.2) is 108 Å². The van der Waals surface area contributed by atoms with Crippen molar-refractivity contribution in [3.8, 4) is 11.8 Å². The van der Waals surface area contributed by atoms with Gasteiger partial charge in [0.15, 0.2) is 0 Å². The summed E-state index contributed by atoms with van der Waals surface area (Å²) >= 11 is 0. The molecule has 0 spiro atoms. The van der Waals surface area contributed by atoms with Crippen LogP contribution in [0.4, 0.5) is 5.69 Å². The van der Waals surface area contributed by atoms with Crippen LogP contribution in [-0.4, -0.2) is 15.5 Å². The van der Waals surface area contributed by atoms with Crippen molar-refractivity contribution >= 4 is 22.5 Å². The minimum absolute atomic E-state index is 0.217. The van der Waals surface area contributed by atoms with Gasteiger partial charge < -0.3 is 10.1 Å². The van der Waals surface area contributed by atoms with Gasteiger partial charge in [0.05, 0.1) is 35.4 Å². The fraction of sp³-hybridized carbons (Fsp3) is 0.0667. The molecule has 5 aromatic rings. The quantitative estimate of drug-likeness (QED) is 0.343. The van der Waals surface area contributed by atoms with E-state index in [1.807, 2.05) is 36.4 Å². The maximum Gasteiger partial charge on any atom is 0.261 e. The van der Waals surface area contributed by atoms with Gasteiger partial charge in [0, 0.05) is 11.3 Å². The first-order chi connectivity index (χ1) is 18.1. The molecule has 1 amide bonds. The van der Waals surface area contributed by atoms with Crippen molar-refractivity contribution in [3.05, 3.63) is 136 Å². The van der Waals surface area contributed by atoms with Crippen molar-refractivity contribution in [1.82, 2.24) is 9.55 Å². The highest BCUT2D eigenvalue weighted by molar-refractivity contribution is 6.06. The van der Waals surface area contributed by atoms with Gasteiger partial charge in [-0.2, -0.15) is 5.26 Å². The van der Waals surface area contributed by atoms with Gasteiger partial charge in [0.1, 0.15) is 12.4 Å². The molecule has 0 unspecified atom stereocenters. The number of carbonyl (C=O) groups is 1. The minimum atomic E-state index is -0.306. The number of benzene rings is 4. The van der Waals surface area contributed by atoms with E-state index in [0.29, 0.717) is 46.6 Å². The zero-order valence-electron chi connectivity index (χ0n) is 19.8. The molecule has 180 valence electrons. The summed E-state index contributed by atoms with van der Waals surface area (Å²) in [6, 6.07) is 31.0. The first kappa shape index (κ1) is 23.5. The number of aromatic nitrogens is 2. The van der Waals surface area contributed by atoms with E-state index < -0.39 is 0 Å². The average molecular weight is 487 g/mol. The molecule has 1 heterocycles. The number of carbonyl (C=O) groups excluding carboxylic acids is 1. The predicted molar refractivity (Wildman–Crippen MR) is 141 cm³/mol. The molecule has 7 heteroatoms. The second-order valence-electron chi connectivity index (χ2n) is 8.47. The van der Waals surface area contributed by atoms with E-state index in [-0.39, 0.29) is 11.5 Å². The standard InChI is InChI=1S/C30H22N4O3/c31-17-22-7-4-8-23(15-22)18-34-20-32-28-16-24(9-14-27(28)30(34)36)29(35)33-25-10-12-26(13-11-25)37-19-21-5-2-1-3-6-21/h1-16,20H,18-19H2,(H,33,35). The lowest BCUT2D eigenvalue weighted by molar-refractivity contribution is 0.102. The molecule has 0 saturated heterocycles. The highest BCUT2D eigenvalue weighted by Crippen LogP contribution is 2.19. The van der Waals surface area contributed by atoms with Crippen LogP contribution in [0.2, 0.25) is 0 Å². The summed E-state index contributed by atoms with van der Waals surface area (Å²) < 4.78 is 7.27. The summed E-state index contributed by atoms with van der Waals surface area (Å²) in [7, 11) is 0. The van der Waals surface area contributed by atoms with Crippen LogP contribution in [0.3, 0.4) is 0 Å². The van der Waals surface area contributed by atoms with Crippen molar-refractivity contribution < 1.29 is 9.53 Å². The van der Waals surface area contributed by atoms with Gasteiger partial charge in [0.2, 0.25) is 0 Å². The molecule has 0 aliphatic heterocycles. The topological polar surface area (TPSA) is 97.0 Å². The zero-order chi connectivity index (χ0) is 25.6. The monoisotopic (exact) mass is 486 g/mol. The molecule has 5 rings (SSSR count). The number of fused-ring (bicyclic) bond motifs is 1. The van der Waals surface area contributed by atoms with Crippen molar-refractivity contribution in [1.29, 1.82) is 5.26 Å². The van der Waals surface area contributed by atoms with Crippen molar-refractivity contribution in [3.63, 3.8) is 0 Å². The number of nitrogens with one attached hydrogen (secondary N) is 1. The maximum atomic E-state index is 13.0. The molecule has 1 aromatic heterocycles. The smallest absolute Gasteiger partial charge is 0.261 e. The molecule has 0 bridgehead atoms. The molecule has 0 radical (unpaired) electrons. The van der Waals surface area contributed by atoms with Crippen molar-refractivity contribution in [2.45, 2.75) is 13.2 Å². The van der Waals surface area contributed by atoms with Gasteiger partial charge in [0.25, 0.3) is 11.5 Å². The highest BCUT2D eigenvalue weighted by Gasteiger charge is 2.11. The third-order valence-electron chi connectivity index (χ3n) is 5.86. The molecular weight excluding hydrogens is 464 g/mol. The second kappa shape index (κ2) is 10.6. The molecular formula is C30H22N4O3. The van der Waals surface area contributed by atoms with E-state index >= 15 is 0 Å². The zero-order valence-corrected chi connectivity index (χ0v) is 19.8. The molecule has 37 heavy (non-hydrogen) atoms. The number of ether oxygens (including phenoxy) is 1. The van der Waals surface area contributed by atoms with E-state index in [1.165, 1.54) is 10.9 Å². The summed E-state index contributed by atoms with van der Waals surface area (Å²) in [6.07, 6.45) is 1.46. The van der Waals surface area contributed by atoms with E-state index in [2.05, 4.69) is 16.4 Å². The summed E-state index contributed by atoms with van der Waals surface area (Å²) in [5.41, 5.74) is 3.67. The number of anilines is 1. The molecule has 4 aromatic carbocycles. The Balaban J connectivity index is 1.27. The van der Waals surface area contributed by atoms with Crippen LogP contribution >= 0.6 is 0 Å². The number of hydrogen-bond donors (Lipinski definition) is 1. The SMILES string of the molecule is N#Cc1cccc(Cn2cnc3cc(C(=O)Nc4ccc(OCc5ccccc5)cc4)ccc3c2=O)c1. The van der Waals surface area contributed by atoms with Crippen molar-refractivity contribution in [2.24, 2.45) is 0 Å². The van der Waals surface area contributed by atoms with Gasteiger partial charge >= 0.3 is 0 Å². The Morgan fingerprint density at radius 2 is 1.70 bits per heavy atom. The van der Waals surface area contributed by atoms with Crippen LogP contribution in [0.5, 0.6) is 5.75 Å². The Labute approximate surface area is 213 Å². The Morgan fingerprint density at radius 3 is 2.49 bits per heavy atom. The highest BCUT2D eigenvalue weighted by atomic mass is 16.5. The van der Waals surface area contributed by atoms with Gasteiger partial charge in [-0.05, 0) is 65.7 Å². The van der Waals surface area contributed by atoms with Crippen LogP contribution < -0.4 is 15.6 Å². The average Bonchev–Trinajstić information content (AvgIpc) is 2.94.